The van der Waals surface area contributed by atoms with Crippen molar-refractivity contribution in [1.82, 2.24) is 5.43 Å². The van der Waals surface area contributed by atoms with Gasteiger partial charge in [-0.15, -0.1) is 0 Å². The fraction of sp³-hybridized carbons (Fsp3) is 0.154. The Morgan fingerprint density at radius 1 is 0.872 bits per heavy atom. The third-order valence-electron chi connectivity index (χ3n) is 5.19. The minimum Gasteiger partial charge on any atom is -0.415 e. The normalized spacial score (nSPS) is 11.1. The van der Waals surface area contributed by atoms with Crippen molar-refractivity contribution in [3.8, 4) is 5.75 Å². The number of amides is 2. The van der Waals surface area contributed by atoms with E-state index in [0.717, 1.165) is 36.5 Å². The Balaban J connectivity index is 1.75. The van der Waals surface area contributed by atoms with E-state index in [1.54, 1.807) is 32.9 Å². The van der Waals surface area contributed by atoms with Crippen LogP contribution in [0.2, 0.25) is 0 Å². The molecule has 200 valence electrons. The van der Waals surface area contributed by atoms with Gasteiger partial charge in [-0.1, -0.05) is 26.8 Å². The fourth-order valence-corrected chi connectivity index (χ4v) is 3.02. The van der Waals surface area contributed by atoms with Crippen molar-refractivity contribution in [3.05, 3.63) is 104 Å². The summed E-state index contributed by atoms with van der Waals surface area (Å²) in [6, 6.07) is 14.4. The molecule has 0 radical (unpaired) electrons. The van der Waals surface area contributed by atoms with Gasteiger partial charge in [0.05, 0.1) is 21.6 Å². The van der Waals surface area contributed by atoms with Crippen molar-refractivity contribution in [1.29, 1.82) is 0 Å². The van der Waals surface area contributed by atoms with Gasteiger partial charge in [0, 0.05) is 40.4 Å². The van der Waals surface area contributed by atoms with Crippen LogP contribution in [0.1, 0.15) is 47.1 Å². The molecule has 0 aromatic heterocycles. The number of benzene rings is 3. The predicted molar refractivity (Wildman–Crippen MR) is 141 cm³/mol. The summed E-state index contributed by atoms with van der Waals surface area (Å²) in [4.78, 5) is 58.1. The molecular weight excluding hydrogens is 510 g/mol. The van der Waals surface area contributed by atoms with Gasteiger partial charge < -0.3 is 10.1 Å². The van der Waals surface area contributed by atoms with Gasteiger partial charge in [0.1, 0.15) is 0 Å². The van der Waals surface area contributed by atoms with Crippen molar-refractivity contribution < 1.29 is 29.0 Å². The van der Waals surface area contributed by atoms with E-state index in [-0.39, 0.29) is 28.3 Å². The lowest BCUT2D eigenvalue weighted by molar-refractivity contribution is -0.385. The summed E-state index contributed by atoms with van der Waals surface area (Å²) < 4.78 is 5.25. The summed E-state index contributed by atoms with van der Waals surface area (Å²) in [7, 11) is 0. The highest BCUT2D eigenvalue weighted by atomic mass is 16.6. The molecule has 0 bridgehead atoms. The number of non-ortho nitro benzene ring substituents is 1. The summed E-state index contributed by atoms with van der Waals surface area (Å²) >= 11 is 0. The van der Waals surface area contributed by atoms with Gasteiger partial charge in [-0.25, -0.2) is 10.2 Å². The number of para-hydroxylation sites is 1. The lowest BCUT2D eigenvalue weighted by atomic mass is 9.95. The predicted octanol–water partition coefficient (Wildman–Crippen LogP) is 4.47. The van der Waals surface area contributed by atoms with Crippen LogP contribution in [-0.2, 0) is 4.79 Å². The van der Waals surface area contributed by atoms with Crippen molar-refractivity contribution in [2.45, 2.75) is 20.8 Å². The van der Waals surface area contributed by atoms with Crippen LogP contribution in [0.5, 0.6) is 5.75 Å². The van der Waals surface area contributed by atoms with Gasteiger partial charge in [0.15, 0.2) is 0 Å². The molecule has 3 aromatic rings. The maximum Gasteiger partial charge on any atom is 0.343 e. The molecule has 0 fully saturated rings. The van der Waals surface area contributed by atoms with E-state index in [0.29, 0.717) is 5.69 Å². The Bertz CT molecular complexity index is 1460. The average molecular weight is 533 g/mol. The lowest BCUT2D eigenvalue weighted by Crippen LogP contribution is -2.27. The summed E-state index contributed by atoms with van der Waals surface area (Å²) in [5.41, 5.74) is 1.58. The molecule has 0 aliphatic rings. The highest BCUT2D eigenvalue weighted by Crippen LogP contribution is 2.31. The van der Waals surface area contributed by atoms with Crippen LogP contribution in [0.15, 0.2) is 71.8 Å². The topological polar surface area (TPSA) is 183 Å². The minimum absolute atomic E-state index is 0.0139. The van der Waals surface area contributed by atoms with Gasteiger partial charge in [-0.2, -0.15) is 5.10 Å². The molecule has 3 rings (SSSR count). The summed E-state index contributed by atoms with van der Waals surface area (Å²) in [5, 5.41) is 28.9. The number of nitrogens with one attached hydrogen (secondary N) is 2. The first-order valence-electron chi connectivity index (χ1n) is 11.4. The van der Waals surface area contributed by atoms with E-state index in [9.17, 15) is 34.6 Å². The Kier molecular flexibility index (Phi) is 8.45. The number of esters is 1. The van der Waals surface area contributed by atoms with Gasteiger partial charge in [-0.3, -0.25) is 29.8 Å². The second-order valence-corrected chi connectivity index (χ2v) is 9.13. The highest BCUT2D eigenvalue weighted by molar-refractivity contribution is 5.98. The molecule has 0 spiro atoms. The number of nitrogens with zero attached hydrogens (tertiary/aromatic N) is 3. The van der Waals surface area contributed by atoms with Crippen LogP contribution >= 0.6 is 0 Å². The molecule has 0 unspecified atom stereocenters. The second kappa shape index (κ2) is 11.7. The number of rotatable bonds is 8. The zero-order valence-electron chi connectivity index (χ0n) is 21.0. The number of carbonyl (C=O) groups is 3. The average Bonchev–Trinajstić information content (AvgIpc) is 2.89. The largest absolute Gasteiger partial charge is 0.415 e. The fourth-order valence-electron chi connectivity index (χ4n) is 3.02. The van der Waals surface area contributed by atoms with E-state index >= 15 is 0 Å². The smallest absolute Gasteiger partial charge is 0.343 e. The van der Waals surface area contributed by atoms with Crippen LogP contribution in [0, 0.1) is 25.6 Å². The Labute approximate surface area is 221 Å². The van der Waals surface area contributed by atoms with Crippen molar-refractivity contribution >= 4 is 41.1 Å². The number of nitro benzene ring substituents is 2. The lowest BCUT2D eigenvalue weighted by Gasteiger charge is -2.17. The van der Waals surface area contributed by atoms with Crippen molar-refractivity contribution in [2.24, 2.45) is 10.5 Å². The zero-order chi connectivity index (χ0) is 28.7. The molecule has 0 aliphatic heterocycles. The number of anilines is 1. The zero-order valence-corrected chi connectivity index (χ0v) is 21.0. The maximum absolute atomic E-state index is 12.6. The van der Waals surface area contributed by atoms with Gasteiger partial charge >= 0.3 is 11.7 Å². The van der Waals surface area contributed by atoms with Gasteiger partial charge in [0.25, 0.3) is 11.6 Å². The number of hydrogen-bond acceptors (Lipinski definition) is 9. The maximum atomic E-state index is 12.6. The van der Waals surface area contributed by atoms with Gasteiger partial charge in [0.2, 0.25) is 11.7 Å². The molecule has 0 atom stereocenters. The van der Waals surface area contributed by atoms with Crippen molar-refractivity contribution in [3.63, 3.8) is 0 Å². The molecule has 2 amide bonds. The first-order valence-corrected chi connectivity index (χ1v) is 11.4. The monoisotopic (exact) mass is 533 g/mol. The SMILES string of the molecule is CC(C)(C)C(=O)Nc1ccc(C(=O)N/N=C/c2cccc([N+](=O)[O-])c2OC(=O)c2ccc([N+](=O)[O-])cc2)cc1. The number of carbonyl (C=O) groups excluding carboxylic acids is 3. The second-order valence-electron chi connectivity index (χ2n) is 9.13. The third-order valence-corrected chi connectivity index (χ3v) is 5.19. The number of hydrogen-bond donors (Lipinski definition) is 2. The molecule has 13 nitrogen and oxygen atoms in total. The van der Waals surface area contributed by atoms with E-state index in [1.165, 1.54) is 24.3 Å². The Morgan fingerprint density at radius 3 is 2.05 bits per heavy atom. The summed E-state index contributed by atoms with van der Waals surface area (Å²) in [6.45, 7) is 5.31. The standard InChI is InChI=1S/C26H23N5O8/c1-26(2,3)25(34)28-19-11-7-16(8-12-19)23(32)29-27-15-18-5-4-6-21(31(37)38)22(18)39-24(33)17-9-13-20(14-10-17)30(35)36/h4-15H,1-3H3,(H,28,34)(H,29,32)/b27-15+. The highest BCUT2D eigenvalue weighted by Gasteiger charge is 2.23. The van der Waals surface area contributed by atoms with Crippen LogP contribution in [0.3, 0.4) is 0 Å². The quantitative estimate of drug-likeness (QED) is 0.140. The number of nitro groups is 2. The minimum atomic E-state index is -0.989. The Morgan fingerprint density at radius 2 is 1.49 bits per heavy atom. The van der Waals surface area contributed by atoms with Crippen LogP contribution in [0.4, 0.5) is 17.1 Å². The van der Waals surface area contributed by atoms with Gasteiger partial charge in [-0.05, 0) is 42.5 Å². The van der Waals surface area contributed by atoms with Crippen LogP contribution in [0.25, 0.3) is 0 Å². The molecule has 39 heavy (non-hydrogen) atoms. The number of hydrazone groups is 1. The first kappa shape index (κ1) is 28.1. The van der Waals surface area contributed by atoms with E-state index < -0.39 is 38.6 Å². The third kappa shape index (κ3) is 7.29. The molecule has 13 heteroatoms. The van der Waals surface area contributed by atoms with Crippen molar-refractivity contribution in [2.75, 3.05) is 5.32 Å². The van der Waals surface area contributed by atoms with E-state index in [4.69, 9.17) is 4.74 Å². The first-order chi connectivity index (χ1) is 18.4. The Hall–Kier alpha value is -5.46. The molecular formula is C26H23N5O8. The summed E-state index contributed by atoms with van der Waals surface area (Å²) in [5.74, 6) is -2.21. The van der Waals surface area contributed by atoms with Crippen LogP contribution < -0.4 is 15.5 Å². The van der Waals surface area contributed by atoms with E-state index in [2.05, 4.69) is 15.8 Å². The van der Waals surface area contributed by atoms with Crippen LogP contribution in [-0.4, -0.2) is 33.8 Å². The summed E-state index contributed by atoms with van der Waals surface area (Å²) in [6.07, 6.45) is 1.07. The molecule has 0 aliphatic carbocycles. The molecule has 0 saturated heterocycles. The molecule has 3 aromatic carbocycles. The molecule has 2 N–H and O–H groups in total. The molecule has 0 heterocycles. The van der Waals surface area contributed by atoms with E-state index in [1.807, 2.05) is 0 Å². The molecule has 0 saturated carbocycles. The number of ether oxygens (including phenoxy) is 1.